The maximum atomic E-state index is 13.4. The van der Waals surface area contributed by atoms with E-state index in [-0.39, 0.29) is 49.9 Å². The molecule has 1 aliphatic carbocycles. The van der Waals surface area contributed by atoms with Crippen LogP contribution in [0.2, 0.25) is 0 Å². The van der Waals surface area contributed by atoms with Crippen molar-refractivity contribution in [2.45, 2.75) is 55.0 Å². The van der Waals surface area contributed by atoms with Crippen LogP contribution in [0, 0.1) is 11.8 Å². The number of fused-ring (bicyclic) bond motifs is 4. The molecule has 0 bridgehead atoms. The van der Waals surface area contributed by atoms with Gasteiger partial charge in [-0.05, 0) is 48.2 Å². The van der Waals surface area contributed by atoms with Crippen molar-refractivity contribution < 1.29 is 47.5 Å². The zero-order valence-corrected chi connectivity index (χ0v) is 26.1. The molecule has 0 spiro atoms. The number of methoxy groups -OCH3 is 3. The summed E-state index contributed by atoms with van der Waals surface area (Å²) >= 11 is 1.86. The maximum absolute atomic E-state index is 13.4. The number of nitrogens with one attached hydrogen (secondary N) is 2. The third-order valence-electron chi connectivity index (χ3n) is 9.48. The predicted molar refractivity (Wildman–Crippen MR) is 161 cm³/mol. The van der Waals surface area contributed by atoms with Gasteiger partial charge in [0.05, 0.1) is 45.9 Å². The van der Waals surface area contributed by atoms with Crippen LogP contribution < -0.4 is 34.3 Å². The minimum atomic E-state index is -0.706. The number of carbonyl (C=O) groups excluding carboxylic acids is 3. The van der Waals surface area contributed by atoms with E-state index in [9.17, 15) is 14.4 Å². The Hall–Kier alpha value is -4.00. The Morgan fingerprint density at radius 1 is 0.933 bits per heavy atom. The first-order chi connectivity index (χ1) is 21.9. The monoisotopic (exact) mass is 640 g/mol. The third kappa shape index (κ3) is 5.24. The number of carbonyl (C=O) groups is 3. The van der Waals surface area contributed by atoms with Crippen molar-refractivity contribution in [2.24, 2.45) is 11.8 Å². The van der Waals surface area contributed by atoms with Gasteiger partial charge < -0.3 is 43.8 Å². The Morgan fingerprint density at radius 3 is 2.38 bits per heavy atom. The number of thioether (sulfide) groups is 1. The lowest BCUT2D eigenvalue weighted by Crippen LogP contribution is -2.37. The molecule has 0 aromatic heterocycles. The van der Waals surface area contributed by atoms with Gasteiger partial charge in [-0.25, -0.2) is 4.79 Å². The molecule has 0 saturated carbocycles. The van der Waals surface area contributed by atoms with E-state index in [1.165, 1.54) is 7.11 Å². The van der Waals surface area contributed by atoms with Crippen molar-refractivity contribution in [1.82, 2.24) is 10.6 Å². The number of cyclic esters (lactones) is 1. The van der Waals surface area contributed by atoms with Crippen LogP contribution >= 0.6 is 11.8 Å². The molecular formula is C32H36N2O10S. The number of amides is 2. The van der Waals surface area contributed by atoms with E-state index in [1.54, 1.807) is 14.2 Å². The summed E-state index contributed by atoms with van der Waals surface area (Å²) in [5, 5.41) is 6.30. The lowest BCUT2D eigenvalue weighted by Gasteiger charge is -2.38. The molecule has 45 heavy (non-hydrogen) atoms. The van der Waals surface area contributed by atoms with Crippen LogP contribution in [0.15, 0.2) is 24.3 Å². The third-order valence-corrected chi connectivity index (χ3v) is 11.0. The van der Waals surface area contributed by atoms with Crippen LogP contribution in [0.3, 0.4) is 0 Å². The van der Waals surface area contributed by atoms with Gasteiger partial charge in [0.15, 0.2) is 23.0 Å². The normalized spacial score (nSPS) is 28.7. The Bertz CT molecular complexity index is 1490. The highest BCUT2D eigenvalue weighted by Gasteiger charge is 2.54. The summed E-state index contributed by atoms with van der Waals surface area (Å²) in [5.41, 5.74) is 2.30. The van der Waals surface area contributed by atoms with Gasteiger partial charge in [-0.3, -0.25) is 9.59 Å². The summed E-state index contributed by atoms with van der Waals surface area (Å²) in [4.78, 5) is 38.4. The molecule has 4 aliphatic heterocycles. The number of urea groups is 1. The minimum absolute atomic E-state index is 0.0764. The van der Waals surface area contributed by atoms with Crippen molar-refractivity contribution in [3.63, 3.8) is 0 Å². The highest BCUT2D eigenvalue weighted by molar-refractivity contribution is 8.00. The molecule has 3 saturated heterocycles. The largest absolute Gasteiger partial charge is 0.493 e. The smallest absolute Gasteiger partial charge is 0.315 e. The molecule has 5 aliphatic rings. The number of hydrogen-bond donors (Lipinski definition) is 2. The van der Waals surface area contributed by atoms with Crippen molar-refractivity contribution in [2.75, 3.05) is 40.5 Å². The number of esters is 2. The molecule has 240 valence electrons. The second-order valence-electron chi connectivity index (χ2n) is 11.9. The van der Waals surface area contributed by atoms with Crippen LogP contribution in [-0.2, 0) is 19.1 Å². The zero-order chi connectivity index (χ0) is 31.2. The molecule has 2 N–H and O–H groups in total. The van der Waals surface area contributed by atoms with E-state index >= 15 is 0 Å². The van der Waals surface area contributed by atoms with Crippen molar-refractivity contribution in [3.8, 4) is 28.7 Å². The molecule has 4 heterocycles. The van der Waals surface area contributed by atoms with Gasteiger partial charge >= 0.3 is 18.0 Å². The first kappa shape index (κ1) is 29.7. The fourth-order valence-corrected chi connectivity index (χ4v) is 8.95. The van der Waals surface area contributed by atoms with Crippen LogP contribution in [0.5, 0.6) is 28.7 Å². The highest BCUT2D eigenvalue weighted by atomic mass is 32.2. The summed E-state index contributed by atoms with van der Waals surface area (Å²) in [6.07, 6.45) is 1.94. The summed E-state index contributed by atoms with van der Waals surface area (Å²) < 4.78 is 40.1. The lowest BCUT2D eigenvalue weighted by molar-refractivity contribution is -0.154. The average Bonchev–Trinajstić information content (AvgIpc) is 3.83. The van der Waals surface area contributed by atoms with Crippen LogP contribution in [-0.4, -0.2) is 75.8 Å². The highest BCUT2D eigenvalue weighted by Crippen LogP contribution is 2.56. The minimum Gasteiger partial charge on any atom is -0.493 e. The molecule has 7 atom stereocenters. The molecule has 13 heteroatoms. The van der Waals surface area contributed by atoms with E-state index < -0.39 is 23.9 Å². The van der Waals surface area contributed by atoms with Crippen molar-refractivity contribution >= 4 is 29.7 Å². The van der Waals surface area contributed by atoms with E-state index in [0.717, 1.165) is 35.3 Å². The summed E-state index contributed by atoms with van der Waals surface area (Å²) in [6.45, 7) is 0.199. The molecule has 2 amide bonds. The van der Waals surface area contributed by atoms with Crippen LogP contribution in [0.25, 0.3) is 0 Å². The molecule has 7 rings (SSSR count). The van der Waals surface area contributed by atoms with E-state index in [1.807, 2.05) is 36.0 Å². The predicted octanol–water partition coefficient (Wildman–Crippen LogP) is 3.69. The zero-order valence-electron chi connectivity index (χ0n) is 25.3. The Balaban J connectivity index is 1.14. The number of rotatable bonds is 10. The molecule has 3 fully saturated rings. The van der Waals surface area contributed by atoms with E-state index in [0.29, 0.717) is 40.4 Å². The Kier molecular flexibility index (Phi) is 7.96. The SMILES string of the molecule is COc1cc([C@@H]2c3cc4c(cc3[C@@H](OC(=O)CCCC[C@@H]3SC[C@@H]5NC(=O)N[C@@H]53)[C@H]3COC(=O)[C@H]23)OCO4)cc(OC)c1OC. The Labute approximate surface area is 264 Å². The molecule has 12 nitrogen and oxygen atoms in total. The second kappa shape index (κ2) is 12.1. The van der Waals surface area contributed by atoms with Crippen molar-refractivity contribution in [1.29, 1.82) is 0 Å². The van der Waals surface area contributed by atoms with Gasteiger partial charge in [-0.1, -0.05) is 6.42 Å². The van der Waals surface area contributed by atoms with Gasteiger partial charge in [0.25, 0.3) is 0 Å². The standard InChI is InChI=1S/C32H36N2O10S/c1-38-22-8-15(9-23(39-2)30(22)40-3)26-16-10-20-21(43-14-42-20)11-17(16)29(18-12-41-31(36)27(18)26)44-25(35)7-5-4-6-24-28-19(13-45-24)33-32(37)34-28/h8-11,18-19,24,26-29H,4-7,12-14H2,1-3H3,(H2,33,34,37)/t18-,19-,24-,26+,27-,28-,29+/m0/s1. The molecule has 0 radical (unpaired) electrons. The van der Waals surface area contributed by atoms with Crippen LogP contribution in [0.4, 0.5) is 4.79 Å². The first-order valence-corrected chi connectivity index (χ1v) is 16.2. The van der Waals surface area contributed by atoms with Gasteiger partial charge in [0, 0.05) is 34.8 Å². The number of unbranched alkanes of at least 4 members (excludes halogenated alkanes) is 1. The Morgan fingerprint density at radius 2 is 1.67 bits per heavy atom. The van der Waals surface area contributed by atoms with Gasteiger partial charge in [-0.15, -0.1) is 0 Å². The fourth-order valence-electron chi connectivity index (χ4n) is 7.40. The van der Waals surface area contributed by atoms with Crippen LogP contribution in [0.1, 0.15) is 54.4 Å². The van der Waals surface area contributed by atoms with Gasteiger partial charge in [-0.2, -0.15) is 11.8 Å². The van der Waals surface area contributed by atoms with Gasteiger partial charge in [0.2, 0.25) is 12.5 Å². The average molecular weight is 641 g/mol. The van der Waals surface area contributed by atoms with E-state index in [2.05, 4.69) is 10.6 Å². The number of benzene rings is 2. The molecule has 2 aromatic carbocycles. The first-order valence-electron chi connectivity index (χ1n) is 15.2. The fraction of sp³-hybridized carbons (Fsp3) is 0.531. The lowest BCUT2D eigenvalue weighted by atomic mass is 9.66. The second-order valence-corrected chi connectivity index (χ2v) is 13.1. The summed E-state index contributed by atoms with van der Waals surface area (Å²) in [6, 6.07) is 7.62. The van der Waals surface area contributed by atoms with Gasteiger partial charge in [0.1, 0.15) is 6.10 Å². The van der Waals surface area contributed by atoms with Crippen molar-refractivity contribution in [3.05, 3.63) is 41.0 Å². The van der Waals surface area contributed by atoms with E-state index in [4.69, 9.17) is 33.2 Å². The molecule has 2 aromatic rings. The molecular weight excluding hydrogens is 604 g/mol. The number of ether oxygens (including phenoxy) is 7. The maximum Gasteiger partial charge on any atom is 0.315 e. The quantitative estimate of drug-likeness (QED) is 0.223. The summed E-state index contributed by atoms with van der Waals surface area (Å²) in [5.74, 6) is 1.19. The number of hydrogen-bond acceptors (Lipinski definition) is 11. The summed E-state index contributed by atoms with van der Waals surface area (Å²) in [7, 11) is 4.63. The molecule has 0 unspecified atom stereocenters. The topological polar surface area (TPSA) is 140 Å².